The van der Waals surface area contributed by atoms with Gasteiger partial charge in [-0.15, -0.1) is 0 Å². The second kappa shape index (κ2) is 4.85. The highest BCUT2D eigenvalue weighted by Crippen LogP contribution is 2.25. The van der Waals surface area contributed by atoms with Crippen LogP contribution in [-0.4, -0.2) is 10.3 Å². The number of halogens is 1. The first-order chi connectivity index (χ1) is 7.35. The minimum Gasteiger partial charge on any atom is -0.299 e. The first-order valence-electron chi connectivity index (χ1n) is 4.37. The summed E-state index contributed by atoms with van der Waals surface area (Å²) in [5.41, 5.74) is 2.21. The van der Waals surface area contributed by atoms with E-state index < -0.39 is 0 Å². The van der Waals surface area contributed by atoms with Gasteiger partial charge in [0, 0.05) is 41.9 Å². The van der Waals surface area contributed by atoms with Crippen LogP contribution in [0.1, 0.15) is 5.56 Å². The molecule has 2 aromatic rings. The van der Waals surface area contributed by atoms with Gasteiger partial charge in [-0.05, 0) is 23.8 Å². The molecule has 0 fully saturated rings. The van der Waals surface area contributed by atoms with Crippen molar-refractivity contribution in [2.75, 3.05) is 0 Å². The Balaban J connectivity index is 2.52. The van der Waals surface area contributed by atoms with E-state index in [-0.39, 0.29) is 0 Å². The van der Waals surface area contributed by atoms with Crippen LogP contribution in [-0.2, 0) is 4.79 Å². The van der Waals surface area contributed by atoms with E-state index in [1.807, 2.05) is 18.3 Å². The topological polar surface area (TPSA) is 22.0 Å². The predicted molar refractivity (Wildman–Crippen MR) is 74.0 cm³/mol. The lowest BCUT2D eigenvalue weighted by atomic mass is 10.1. The molecule has 2 nitrogen and oxygen atoms in total. The summed E-state index contributed by atoms with van der Waals surface area (Å²) in [4.78, 5) is 10.2. The molecular weight excluding hydrogens is 321 g/mol. The Labute approximate surface area is 104 Å². The second-order valence-electron chi connectivity index (χ2n) is 3.02. The molecule has 2 rings (SSSR count). The number of rotatable bonds is 3. The fraction of sp³-hybridized carbons (Fsp3) is 0. The van der Waals surface area contributed by atoms with Gasteiger partial charge in [0.15, 0.2) is 0 Å². The van der Waals surface area contributed by atoms with Crippen molar-refractivity contribution in [2.45, 2.75) is 0 Å². The summed E-state index contributed by atoms with van der Waals surface area (Å²) < 4.78 is 2.09. The molecule has 1 heterocycles. The van der Waals surface area contributed by atoms with Crippen LogP contribution >= 0.6 is 30.3 Å². The van der Waals surface area contributed by atoms with Crippen LogP contribution in [0.3, 0.4) is 0 Å². The maximum Gasteiger partial charge on any atom is 0.142 e. The van der Waals surface area contributed by atoms with Crippen molar-refractivity contribution in [3.05, 3.63) is 42.1 Å². The number of carbonyl (C=O) groups is 1. The number of hydrogen-bond acceptors (Lipinski definition) is 2. The molecule has 0 radical (unpaired) electrons. The average Bonchev–Trinajstić information content (AvgIpc) is 2.68. The maximum atomic E-state index is 10.2. The largest absolute Gasteiger partial charge is 0.299 e. The number of allylic oxidation sites excluding steroid dienone is 1. The molecule has 76 valence electrons. The van der Waals surface area contributed by atoms with E-state index in [9.17, 15) is 4.79 Å². The van der Waals surface area contributed by atoms with Crippen molar-refractivity contribution in [3.8, 4) is 0 Å². The lowest BCUT2D eigenvalue weighted by molar-refractivity contribution is -0.104. The third kappa shape index (κ3) is 2.26. The number of fused-ring (bicyclic) bond motifs is 1. The lowest BCUT2D eigenvalue weighted by Crippen LogP contribution is -1.80. The molecule has 0 aliphatic heterocycles. The average molecular weight is 329 g/mol. The number of hydrogen-bond donors (Lipinski definition) is 0. The van der Waals surface area contributed by atoms with E-state index in [0.717, 1.165) is 11.8 Å². The molecule has 0 spiro atoms. The van der Waals surface area contributed by atoms with Gasteiger partial charge in [-0.2, -0.15) is 0 Å². The summed E-state index contributed by atoms with van der Waals surface area (Å²) in [6, 6.07) is 8.21. The molecule has 4 heteroatoms. The summed E-state index contributed by atoms with van der Waals surface area (Å²) in [6.45, 7) is 0. The molecule has 0 saturated carbocycles. The van der Waals surface area contributed by atoms with Crippen molar-refractivity contribution in [2.24, 2.45) is 0 Å². The Hall–Kier alpha value is -0.750. The van der Waals surface area contributed by atoms with E-state index in [1.54, 1.807) is 9.12 Å². The molecule has 1 aromatic heterocycles. The summed E-state index contributed by atoms with van der Waals surface area (Å²) in [5, 5.41) is 1.21. The van der Waals surface area contributed by atoms with Crippen LogP contribution in [0.15, 0.2) is 36.5 Å². The Morgan fingerprint density at radius 1 is 1.33 bits per heavy atom. The molecule has 0 bridgehead atoms. The van der Waals surface area contributed by atoms with Gasteiger partial charge in [0.25, 0.3) is 0 Å². The molecule has 0 N–H and O–H groups in total. The van der Waals surface area contributed by atoms with Crippen LogP contribution in [0.25, 0.3) is 17.0 Å². The third-order valence-electron chi connectivity index (χ3n) is 2.12. The summed E-state index contributed by atoms with van der Waals surface area (Å²) in [6.07, 6.45) is 6.14. The molecule has 15 heavy (non-hydrogen) atoms. The van der Waals surface area contributed by atoms with Gasteiger partial charge in [-0.3, -0.25) is 8.77 Å². The molecule has 0 aliphatic carbocycles. The van der Waals surface area contributed by atoms with Crippen molar-refractivity contribution in [3.63, 3.8) is 0 Å². The Morgan fingerprint density at radius 3 is 2.93 bits per heavy atom. The fourth-order valence-corrected chi connectivity index (χ4v) is 2.80. The predicted octanol–water partition coefficient (Wildman–Crippen LogP) is 3.70. The monoisotopic (exact) mass is 329 g/mol. The minimum atomic E-state index is 0.788. The van der Waals surface area contributed by atoms with Gasteiger partial charge < -0.3 is 0 Å². The molecular formula is C11H8INOS. The zero-order chi connectivity index (χ0) is 10.7. The SMILES string of the molecule is O=C/C=C/c1ccc2ccn(SI)c2c1. The highest BCUT2D eigenvalue weighted by molar-refractivity contribution is 14.2. The van der Waals surface area contributed by atoms with Crippen LogP contribution in [0, 0.1) is 0 Å². The second-order valence-corrected chi connectivity index (χ2v) is 4.74. The Bertz CT molecular complexity index is 518. The van der Waals surface area contributed by atoms with Gasteiger partial charge in [0.1, 0.15) is 6.29 Å². The van der Waals surface area contributed by atoms with Crippen molar-refractivity contribution >= 4 is 53.6 Å². The number of benzene rings is 1. The first-order valence-corrected chi connectivity index (χ1v) is 7.69. The van der Waals surface area contributed by atoms with Crippen molar-refractivity contribution < 1.29 is 4.79 Å². The first kappa shape index (κ1) is 10.8. The highest BCUT2D eigenvalue weighted by Gasteiger charge is 2.00. The Kier molecular flexibility index (Phi) is 3.48. The number of aldehydes is 1. The smallest absolute Gasteiger partial charge is 0.142 e. The number of carbonyl (C=O) groups excluding carboxylic acids is 1. The zero-order valence-electron chi connectivity index (χ0n) is 7.76. The van der Waals surface area contributed by atoms with Gasteiger partial charge in [-0.1, -0.05) is 18.2 Å². The van der Waals surface area contributed by atoms with E-state index in [1.165, 1.54) is 17.0 Å². The van der Waals surface area contributed by atoms with E-state index in [0.29, 0.717) is 0 Å². The lowest BCUT2D eigenvalue weighted by Gasteiger charge is -1.99. The third-order valence-corrected chi connectivity index (χ3v) is 3.86. The van der Waals surface area contributed by atoms with E-state index in [2.05, 4.69) is 43.4 Å². The van der Waals surface area contributed by atoms with Gasteiger partial charge in [-0.25, -0.2) is 0 Å². The van der Waals surface area contributed by atoms with Crippen molar-refractivity contribution in [1.82, 2.24) is 3.97 Å². The molecule has 0 amide bonds. The molecule has 0 aliphatic rings. The van der Waals surface area contributed by atoms with E-state index >= 15 is 0 Å². The Morgan fingerprint density at radius 2 is 2.20 bits per heavy atom. The summed E-state index contributed by atoms with van der Waals surface area (Å²) >= 11 is 2.24. The maximum absolute atomic E-state index is 10.2. The summed E-state index contributed by atoms with van der Waals surface area (Å²) in [7, 11) is 1.63. The quantitative estimate of drug-likeness (QED) is 0.487. The number of aromatic nitrogens is 1. The fourth-order valence-electron chi connectivity index (χ4n) is 1.44. The van der Waals surface area contributed by atoms with E-state index in [4.69, 9.17) is 0 Å². The van der Waals surface area contributed by atoms with Crippen LogP contribution in [0.5, 0.6) is 0 Å². The van der Waals surface area contributed by atoms with Crippen molar-refractivity contribution in [1.29, 1.82) is 0 Å². The van der Waals surface area contributed by atoms with Crippen LogP contribution < -0.4 is 0 Å². The molecule has 0 unspecified atom stereocenters. The molecule has 0 atom stereocenters. The van der Waals surface area contributed by atoms with Gasteiger partial charge in [0.05, 0.1) is 5.52 Å². The molecule has 1 aromatic carbocycles. The van der Waals surface area contributed by atoms with Gasteiger partial charge >= 0.3 is 0 Å². The van der Waals surface area contributed by atoms with Gasteiger partial charge in [0.2, 0.25) is 0 Å². The minimum absolute atomic E-state index is 0.788. The number of nitrogens with zero attached hydrogens (tertiary/aromatic N) is 1. The summed E-state index contributed by atoms with van der Waals surface area (Å²) in [5.74, 6) is 0. The normalized spacial score (nSPS) is 11.3. The van der Waals surface area contributed by atoms with Crippen LogP contribution in [0.4, 0.5) is 0 Å². The zero-order valence-corrected chi connectivity index (χ0v) is 10.7. The standard InChI is InChI=1S/C11H8INOS/c12-15-13-6-5-10-4-3-9(2-1-7-14)8-11(10)13/h1-8H/b2-1+. The molecule has 0 saturated heterocycles. The van der Waals surface area contributed by atoms with Crippen LogP contribution in [0.2, 0.25) is 0 Å². The highest BCUT2D eigenvalue weighted by atomic mass is 127.